The lowest BCUT2D eigenvalue weighted by Gasteiger charge is -2.39. The van der Waals surface area contributed by atoms with Gasteiger partial charge in [-0.15, -0.1) is 0 Å². The fraction of sp³-hybridized carbons (Fsp3) is 0.419. The topological polar surface area (TPSA) is 173 Å². The highest BCUT2D eigenvalue weighted by Crippen LogP contribution is 2.59. The molecular formula is C31H36F2N5O8P. The molecule has 3 atom stereocenters. The van der Waals surface area contributed by atoms with Gasteiger partial charge in [-0.25, -0.2) is 0 Å². The minimum absolute atomic E-state index is 0.0143. The molecule has 0 bridgehead atoms. The second kappa shape index (κ2) is 13.1. The van der Waals surface area contributed by atoms with Crippen LogP contribution in [0.4, 0.5) is 14.5 Å². The van der Waals surface area contributed by atoms with E-state index in [-0.39, 0.29) is 53.4 Å². The number of anilines is 1. The van der Waals surface area contributed by atoms with Crippen LogP contribution in [-0.2, 0) is 24.6 Å². The molecule has 16 heteroatoms. The Morgan fingerprint density at radius 1 is 1.11 bits per heavy atom. The Hall–Kier alpha value is -4.33. The zero-order valence-electron chi connectivity index (χ0n) is 26.0. The molecule has 47 heavy (non-hydrogen) atoms. The van der Waals surface area contributed by atoms with Gasteiger partial charge in [0.05, 0.1) is 13.0 Å². The minimum Gasteiger partial charge on any atom is -0.497 e. The number of H-pyrrole nitrogens is 1. The summed E-state index contributed by atoms with van der Waals surface area (Å²) in [7, 11) is -2.61. The fourth-order valence-electron chi connectivity index (χ4n) is 6.21. The van der Waals surface area contributed by atoms with Gasteiger partial charge in [0.1, 0.15) is 17.5 Å². The van der Waals surface area contributed by atoms with E-state index in [1.807, 2.05) is 0 Å². The minimum atomic E-state index is -5.79. The Kier molecular flexibility index (Phi) is 9.45. The van der Waals surface area contributed by atoms with Crippen molar-refractivity contribution in [2.75, 3.05) is 38.7 Å². The SMILES string of the molecule is COc1ccc(N(C)C(=O)[C@@H]2CC[C@@H]3CCN(C(C)=O)CC(CNC(=O)c4cc5cc(C(F)(F)P(=O)(O)O)ccc5[nH]4)C(=O)N32)cc1. The van der Waals surface area contributed by atoms with Crippen molar-refractivity contribution in [1.29, 1.82) is 0 Å². The number of hydrogen-bond donors (Lipinski definition) is 4. The number of halogens is 2. The van der Waals surface area contributed by atoms with E-state index in [9.17, 15) is 32.5 Å². The Bertz CT molecular complexity index is 1740. The van der Waals surface area contributed by atoms with Crippen LogP contribution in [-0.4, -0.2) is 94.1 Å². The summed E-state index contributed by atoms with van der Waals surface area (Å²) >= 11 is 0. The van der Waals surface area contributed by atoms with Crippen molar-refractivity contribution in [3.63, 3.8) is 0 Å². The number of aromatic nitrogens is 1. The fourth-order valence-corrected chi connectivity index (χ4v) is 6.68. The molecule has 3 heterocycles. The number of alkyl halides is 2. The molecule has 0 aliphatic carbocycles. The maximum absolute atomic E-state index is 14.3. The number of rotatable bonds is 8. The van der Waals surface area contributed by atoms with Crippen molar-refractivity contribution in [3.05, 3.63) is 59.8 Å². The van der Waals surface area contributed by atoms with Crippen molar-refractivity contribution in [1.82, 2.24) is 20.1 Å². The number of hydrogen-bond acceptors (Lipinski definition) is 6. The van der Waals surface area contributed by atoms with Crippen LogP contribution >= 0.6 is 7.60 Å². The average molecular weight is 676 g/mol. The van der Waals surface area contributed by atoms with Crippen molar-refractivity contribution in [2.24, 2.45) is 5.92 Å². The molecule has 3 aromatic rings. The van der Waals surface area contributed by atoms with E-state index in [4.69, 9.17) is 14.5 Å². The van der Waals surface area contributed by atoms with E-state index in [2.05, 4.69) is 10.3 Å². The molecule has 2 aliphatic heterocycles. The average Bonchev–Trinajstić information content (AvgIpc) is 3.66. The first kappa shape index (κ1) is 34.0. The van der Waals surface area contributed by atoms with Gasteiger partial charge in [-0.2, -0.15) is 8.78 Å². The van der Waals surface area contributed by atoms with Crippen molar-refractivity contribution >= 4 is 47.8 Å². The van der Waals surface area contributed by atoms with Gasteiger partial charge in [-0.05, 0) is 61.7 Å². The van der Waals surface area contributed by atoms with Gasteiger partial charge < -0.3 is 39.5 Å². The van der Waals surface area contributed by atoms with Gasteiger partial charge >= 0.3 is 13.3 Å². The number of carbonyl (C=O) groups is 4. The van der Waals surface area contributed by atoms with Crippen LogP contribution in [0.3, 0.4) is 0 Å². The zero-order valence-corrected chi connectivity index (χ0v) is 26.9. The van der Waals surface area contributed by atoms with Crippen molar-refractivity contribution in [3.8, 4) is 5.75 Å². The Balaban J connectivity index is 1.34. The largest absolute Gasteiger partial charge is 0.497 e. The van der Waals surface area contributed by atoms with E-state index in [1.165, 1.54) is 24.0 Å². The molecule has 2 saturated heterocycles. The monoisotopic (exact) mass is 675 g/mol. The Morgan fingerprint density at radius 2 is 1.81 bits per heavy atom. The predicted octanol–water partition coefficient (Wildman–Crippen LogP) is 3.02. The van der Waals surface area contributed by atoms with Crippen LogP contribution in [0.2, 0.25) is 0 Å². The van der Waals surface area contributed by atoms with E-state index in [0.717, 1.165) is 12.1 Å². The molecule has 1 aromatic heterocycles. The summed E-state index contributed by atoms with van der Waals surface area (Å²) in [4.78, 5) is 79.0. The summed E-state index contributed by atoms with van der Waals surface area (Å²) in [5.41, 5.74) is -4.46. The standard InChI is InChI=1S/C31H36F2N5O8P/c1-18(39)37-13-12-23-7-11-27(30(42)36(2)22-5-8-24(46-3)9-6-22)38(23)29(41)20(17-37)16-34-28(40)26-15-19-14-21(4-10-25(19)35-26)31(32,33)47(43,44)45/h4-6,8-10,14-15,20,23,27,35H,7,11-13,16-17H2,1-3H3,(H,34,40)(H2,43,44,45)/t20?,23-,27+/m1/s1. The number of methoxy groups -OCH3 is 1. The Morgan fingerprint density at radius 3 is 2.45 bits per heavy atom. The summed E-state index contributed by atoms with van der Waals surface area (Å²) in [6.45, 7) is 1.60. The lowest BCUT2D eigenvalue weighted by molar-refractivity contribution is -0.146. The molecule has 252 valence electrons. The van der Waals surface area contributed by atoms with E-state index >= 15 is 0 Å². The van der Waals surface area contributed by atoms with Crippen LogP contribution in [0.25, 0.3) is 10.9 Å². The summed E-state index contributed by atoms with van der Waals surface area (Å²) < 4.78 is 45.0. The zero-order chi connectivity index (χ0) is 34.3. The molecule has 2 aliphatic rings. The van der Waals surface area contributed by atoms with E-state index in [1.54, 1.807) is 48.2 Å². The van der Waals surface area contributed by atoms with Gasteiger partial charge in [-0.1, -0.05) is 6.07 Å². The molecule has 0 radical (unpaired) electrons. The molecule has 0 saturated carbocycles. The van der Waals surface area contributed by atoms with Gasteiger partial charge in [-0.3, -0.25) is 23.7 Å². The highest BCUT2D eigenvalue weighted by atomic mass is 31.2. The maximum Gasteiger partial charge on any atom is 0.399 e. The molecule has 4 N–H and O–H groups in total. The molecule has 13 nitrogen and oxygen atoms in total. The van der Waals surface area contributed by atoms with Crippen LogP contribution in [0.15, 0.2) is 48.5 Å². The maximum atomic E-state index is 14.3. The predicted molar refractivity (Wildman–Crippen MR) is 167 cm³/mol. The van der Waals surface area contributed by atoms with Crippen LogP contribution in [0, 0.1) is 5.92 Å². The molecule has 2 aromatic carbocycles. The number of benzene rings is 2. The van der Waals surface area contributed by atoms with E-state index < -0.39 is 36.7 Å². The summed E-state index contributed by atoms with van der Waals surface area (Å²) in [6.07, 6.45) is 1.51. The number of fused-ring (bicyclic) bond motifs is 2. The highest BCUT2D eigenvalue weighted by molar-refractivity contribution is 7.52. The van der Waals surface area contributed by atoms with Crippen LogP contribution in [0.1, 0.15) is 42.2 Å². The smallest absolute Gasteiger partial charge is 0.399 e. The third kappa shape index (κ3) is 6.74. The first-order chi connectivity index (χ1) is 22.1. The molecule has 5 rings (SSSR count). The number of nitrogens with zero attached hydrogens (tertiary/aromatic N) is 3. The number of carbonyl (C=O) groups excluding carboxylic acids is 4. The molecule has 1 unspecified atom stereocenters. The molecular weight excluding hydrogens is 639 g/mol. The van der Waals surface area contributed by atoms with Gasteiger partial charge in [0.15, 0.2) is 0 Å². The lowest BCUT2D eigenvalue weighted by atomic mass is 10.0. The normalized spacial score (nSPS) is 20.4. The first-order valence-corrected chi connectivity index (χ1v) is 16.6. The van der Waals surface area contributed by atoms with E-state index in [0.29, 0.717) is 37.2 Å². The van der Waals surface area contributed by atoms with Gasteiger partial charge in [0.25, 0.3) is 5.91 Å². The van der Waals surface area contributed by atoms with Gasteiger partial charge in [0, 0.05) is 61.8 Å². The number of aromatic amines is 1. The quantitative estimate of drug-likeness (QED) is 0.264. The first-order valence-electron chi connectivity index (χ1n) is 15.0. The summed E-state index contributed by atoms with van der Waals surface area (Å²) in [5, 5.41) is 2.80. The second-order valence-electron chi connectivity index (χ2n) is 11.8. The number of amides is 4. The van der Waals surface area contributed by atoms with Crippen molar-refractivity contribution in [2.45, 2.75) is 43.9 Å². The Labute approximate surface area is 269 Å². The third-order valence-electron chi connectivity index (χ3n) is 8.89. The summed E-state index contributed by atoms with van der Waals surface area (Å²) in [6, 6.07) is 10.1. The highest BCUT2D eigenvalue weighted by Gasteiger charge is 2.50. The van der Waals surface area contributed by atoms with Crippen molar-refractivity contribution < 1.29 is 47.0 Å². The number of nitrogens with one attached hydrogen (secondary N) is 2. The number of ether oxygens (including phenoxy) is 1. The van der Waals surface area contributed by atoms with Crippen LogP contribution in [0.5, 0.6) is 5.75 Å². The second-order valence-corrected chi connectivity index (χ2v) is 13.5. The molecule has 2 fully saturated rings. The lowest BCUT2D eigenvalue weighted by Crippen LogP contribution is -2.56. The summed E-state index contributed by atoms with van der Waals surface area (Å²) in [5.74, 6) is -1.79. The molecule has 0 spiro atoms. The van der Waals surface area contributed by atoms with Gasteiger partial charge in [0.2, 0.25) is 17.7 Å². The number of likely N-dealkylation sites (N-methyl/N-ethyl adjacent to an activating group) is 1. The third-order valence-corrected chi connectivity index (χ3v) is 9.88. The van der Waals surface area contributed by atoms with Crippen LogP contribution < -0.4 is 15.0 Å². The molecule has 4 amide bonds.